The van der Waals surface area contributed by atoms with E-state index in [1.807, 2.05) is 7.11 Å². The van der Waals surface area contributed by atoms with Crippen LogP contribution >= 0.6 is 0 Å². The second kappa shape index (κ2) is 5.03. The van der Waals surface area contributed by atoms with Crippen LogP contribution in [0.15, 0.2) is 0 Å². The van der Waals surface area contributed by atoms with Crippen molar-refractivity contribution in [1.29, 1.82) is 0 Å². The number of ether oxygens (including phenoxy) is 1. The fraction of sp³-hybridized carbons (Fsp3) is 1.00. The molecule has 1 saturated heterocycles. The van der Waals surface area contributed by atoms with Crippen LogP contribution in [-0.4, -0.2) is 49.3 Å². The predicted molar refractivity (Wildman–Crippen MR) is 66.7 cm³/mol. The summed E-state index contributed by atoms with van der Waals surface area (Å²) in [4.78, 5) is 2.65. The van der Waals surface area contributed by atoms with Crippen LogP contribution in [0.25, 0.3) is 0 Å². The number of hydrogen-bond donors (Lipinski definition) is 1. The summed E-state index contributed by atoms with van der Waals surface area (Å²) >= 11 is 0. The Hall–Kier alpha value is -0.120. The van der Waals surface area contributed by atoms with Crippen molar-refractivity contribution in [3.8, 4) is 0 Å². The van der Waals surface area contributed by atoms with E-state index in [2.05, 4.69) is 24.1 Å². The monoisotopic (exact) mass is 226 g/mol. The molecule has 0 aromatic heterocycles. The third-order valence-electron chi connectivity index (χ3n) is 4.47. The van der Waals surface area contributed by atoms with Gasteiger partial charge in [0.2, 0.25) is 0 Å². The van der Waals surface area contributed by atoms with Crippen molar-refractivity contribution in [3.63, 3.8) is 0 Å². The van der Waals surface area contributed by atoms with E-state index in [1.54, 1.807) is 0 Å². The van der Waals surface area contributed by atoms with Crippen LogP contribution in [-0.2, 0) is 4.74 Å². The first kappa shape index (κ1) is 12.3. The first-order chi connectivity index (χ1) is 7.68. The van der Waals surface area contributed by atoms with Gasteiger partial charge in [-0.15, -0.1) is 0 Å². The molecule has 1 saturated carbocycles. The smallest absolute Gasteiger partial charge is 0.0726 e. The molecule has 1 N–H and O–H groups in total. The third-order valence-corrected chi connectivity index (χ3v) is 4.47. The normalized spacial score (nSPS) is 41.4. The lowest BCUT2D eigenvalue weighted by atomic mass is 9.94. The van der Waals surface area contributed by atoms with Crippen molar-refractivity contribution in [2.24, 2.45) is 0 Å². The molecule has 1 aliphatic carbocycles. The fourth-order valence-corrected chi connectivity index (χ4v) is 3.20. The molecule has 2 rings (SSSR count). The summed E-state index contributed by atoms with van der Waals surface area (Å²) in [5, 5.41) is 3.65. The van der Waals surface area contributed by atoms with Gasteiger partial charge in [-0.3, -0.25) is 4.90 Å². The highest BCUT2D eigenvalue weighted by Crippen LogP contribution is 2.29. The molecule has 0 spiro atoms. The Labute approximate surface area is 99.5 Å². The van der Waals surface area contributed by atoms with Gasteiger partial charge in [-0.2, -0.15) is 0 Å². The van der Waals surface area contributed by atoms with Crippen LogP contribution in [0.3, 0.4) is 0 Å². The molecule has 0 aromatic carbocycles. The van der Waals surface area contributed by atoms with Gasteiger partial charge in [-0.1, -0.05) is 6.92 Å². The molecule has 16 heavy (non-hydrogen) atoms. The van der Waals surface area contributed by atoms with Crippen molar-refractivity contribution in [3.05, 3.63) is 0 Å². The van der Waals surface area contributed by atoms with Gasteiger partial charge in [0, 0.05) is 38.3 Å². The largest absolute Gasteiger partial charge is 0.380 e. The van der Waals surface area contributed by atoms with Crippen molar-refractivity contribution in [2.45, 2.75) is 57.2 Å². The molecular formula is C13H26N2O. The zero-order chi connectivity index (χ0) is 11.6. The second-order valence-electron chi connectivity index (χ2n) is 5.58. The molecule has 0 amide bonds. The van der Waals surface area contributed by atoms with Gasteiger partial charge in [0.15, 0.2) is 0 Å². The van der Waals surface area contributed by atoms with Crippen LogP contribution in [0.4, 0.5) is 0 Å². The topological polar surface area (TPSA) is 24.5 Å². The molecular weight excluding hydrogens is 200 g/mol. The lowest BCUT2D eigenvalue weighted by Gasteiger charge is -2.44. The van der Waals surface area contributed by atoms with Gasteiger partial charge in [0.05, 0.1) is 6.10 Å². The maximum Gasteiger partial charge on any atom is 0.0726 e. The predicted octanol–water partition coefficient (Wildman–Crippen LogP) is 1.63. The van der Waals surface area contributed by atoms with Crippen LogP contribution < -0.4 is 5.32 Å². The van der Waals surface area contributed by atoms with Gasteiger partial charge < -0.3 is 10.1 Å². The van der Waals surface area contributed by atoms with E-state index in [-0.39, 0.29) is 0 Å². The van der Waals surface area contributed by atoms with Crippen molar-refractivity contribution >= 4 is 0 Å². The number of piperazine rings is 1. The van der Waals surface area contributed by atoms with Gasteiger partial charge in [0.1, 0.15) is 0 Å². The minimum Gasteiger partial charge on any atom is -0.380 e. The number of nitrogens with zero attached hydrogens (tertiary/aromatic N) is 1. The molecule has 0 aromatic rings. The van der Waals surface area contributed by atoms with Crippen molar-refractivity contribution in [1.82, 2.24) is 10.2 Å². The van der Waals surface area contributed by atoms with E-state index in [4.69, 9.17) is 4.74 Å². The van der Waals surface area contributed by atoms with Crippen molar-refractivity contribution in [2.75, 3.05) is 26.7 Å². The van der Waals surface area contributed by atoms with Gasteiger partial charge >= 0.3 is 0 Å². The van der Waals surface area contributed by atoms with E-state index in [0.717, 1.165) is 6.54 Å². The summed E-state index contributed by atoms with van der Waals surface area (Å²) in [6, 6.07) is 0.665. The Kier molecular flexibility index (Phi) is 3.88. The first-order valence-electron chi connectivity index (χ1n) is 6.70. The summed E-state index contributed by atoms with van der Waals surface area (Å²) in [7, 11) is 1.87. The highest BCUT2D eigenvalue weighted by atomic mass is 16.5. The van der Waals surface area contributed by atoms with Crippen LogP contribution in [0.2, 0.25) is 0 Å². The molecule has 3 heteroatoms. The van der Waals surface area contributed by atoms with Crippen molar-refractivity contribution < 1.29 is 4.74 Å². The lowest BCUT2D eigenvalue weighted by molar-refractivity contribution is 0.00867. The Morgan fingerprint density at radius 2 is 2.25 bits per heavy atom. The van der Waals surface area contributed by atoms with Gasteiger partial charge in [-0.05, 0) is 32.6 Å². The molecule has 2 aliphatic rings. The average molecular weight is 226 g/mol. The molecule has 2 fully saturated rings. The molecule has 1 heterocycles. The Morgan fingerprint density at radius 1 is 1.44 bits per heavy atom. The number of methoxy groups -OCH3 is 1. The van der Waals surface area contributed by atoms with Gasteiger partial charge in [-0.25, -0.2) is 0 Å². The van der Waals surface area contributed by atoms with E-state index in [0.29, 0.717) is 17.7 Å². The Bertz CT molecular complexity index is 234. The van der Waals surface area contributed by atoms with E-state index in [1.165, 1.54) is 38.8 Å². The zero-order valence-corrected chi connectivity index (χ0v) is 11.0. The summed E-state index contributed by atoms with van der Waals surface area (Å²) < 4.78 is 5.62. The summed E-state index contributed by atoms with van der Waals surface area (Å²) in [6.07, 6.45) is 5.56. The number of hydrogen-bond acceptors (Lipinski definition) is 3. The molecule has 1 aliphatic heterocycles. The zero-order valence-electron chi connectivity index (χ0n) is 11.0. The molecule has 3 nitrogen and oxygen atoms in total. The summed E-state index contributed by atoms with van der Waals surface area (Å²) in [5.41, 5.74) is 0.305. The maximum absolute atomic E-state index is 5.62. The molecule has 94 valence electrons. The highest BCUT2D eigenvalue weighted by molar-refractivity contribution is 4.95. The third kappa shape index (κ3) is 2.41. The molecule has 3 unspecified atom stereocenters. The molecule has 0 radical (unpaired) electrons. The van der Waals surface area contributed by atoms with E-state index < -0.39 is 0 Å². The minimum atomic E-state index is 0.305. The Balaban J connectivity index is 1.98. The first-order valence-corrected chi connectivity index (χ1v) is 6.70. The fourth-order valence-electron chi connectivity index (χ4n) is 3.20. The highest BCUT2D eigenvalue weighted by Gasteiger charge is 2.37. The Morgan fingerprint density at radius 3 is 2.94 bits per heavy atom. The summed E-state index contributed by atoms with van der Waals surface area (Å²) in [6.45, 7) is 8.10. The summed E-state index contributed by atoms with van der Waals surface area (Å²) in [5.74, 6) is 0. The van der Waals surface area contributed by atoms with Crippen LogP contribution in [0.5, 0.6) is 0 Å². The SMILES string of the molecule is CCC1(C)CN(C2CCCC2OC)CCN1. The standard InChI is InChI=1S/C13H26N2O/c1-4-13(2)10-15(9-8-14-13)11-6-5-7-12(11)16-3/h11-12,14H,4-10H2,1-3H3. The number of nitrogens with one attached hydrogen (secondary N) is 1. The van der Waals surface area contributed by atoms with Crippen LogP contribution in [0.1, 0.15) is 39.5 Å². The minimum absolute atomic E-state index is 0.305. The molecule has 0 bridgehead atoms. The van der Waals surface area contributed by atoms with Crippen LogP contribution in [0, 0.1) is 0 Å². The van der Waals surface area contributed by atoms with Gasteiger partial charge in [0.25, 0.3) is 0 Å². The van der Waals surface area contributed by atoms with E-state index in [9.17, 15) is 0 Å². The average Bonchev–Trinajstić information content (AvgIpc) is 2.77. The molecule has 3 atom stereocenters. The number of rotatable bonds is 3. The quantitative estimate of drug-likeness (QED) is 0.791. The second-order valence-corrected chi connectivity index (χ2v) is 5.58. The van der Waals surface area contributed by atoms with E-state index >= 15 is 0 Å². The lowest BCUT2D eigenvalue weighted by Crippen LogP contribution is -2.61. The maximum atomic E-state index is 5.62.